The number of rotatable bonds is 5. The average Bonchev–Trinajstić information content (AvgIpc) is 3.11. The number of imidazole rings is 1. The van der Waals surface area contributed by atoms with Gasteiger partial charge in [0.05, 0.1) is 24.1 Å². The molecule has 0 aliphatic heterocycles. The van der Waals surface area contributed by atoms with Gasteiger partial charge in [0, 0.05) is 12.4 Å². The number of anilines is 1. The summed E-state index contributed by atoms with van der Waals surface area (Å²) in [6, 6.07) is 5.08. The summed E-state index contributed by atoms with van der Waals surface area (Å²) in [6.45, 7) is 1.73. The second-order valence-electron chi connectivity index (χ2n) is 6.25. The quantitative estimate of drug-likeness (QED) is 0.533. The van der Waals surface area contributed by atoms with E-state index in [0.717, 1.165) is 12.4 Å². The van der Waals surface area contributed by atoms with Gasteiger partial charge >= 0.3 is 5.97 Å². The normalized spacial score (nSPS) is 12.1. The Morgan fingerprint density at radius 2 is 1.86 bits per heavy atom. The molecule has 0 amide bonds. The molecule has 0 saturated heterocycles. The fourth-order valence-corrected chi connectivity index (χ4v) is 2.81. The number of aromatic carboxylic acids is 1. The summed E-state index contributed by atoms with van der Waals surface area (Å²) in [7, 11) is 0. The van der Waals surface area contributed by atoms with Crippen molar-refractivity contribution in [3.63, 3.8) is 0 Å². The molecule has 10 heteroatoms. The predicted octanol–water partition coefficient (Wildman–Crippen LogP) is 3.34. The van der Waals surface area contributed by atoms with E-state index >= 15 is 0 Å². The van der Waals surface area contributed by atoms with Gasteiger partial charge in [0.1, 0.15) is 34.4 Å². The van der Waals surface area contributed by atoms with Crippen molar-refractivity contribution < 1.29 is 18.7 Å². The second-order valence-corrected chi connectivity index (χ2v) is 6.25. The highest BCUT2D eigenvalue weighted by Gasteiger charge is 2.19. The average molecular weight is 396 g/mol. The zero-order chi connectivity index (χ0) is 20.5. The van der Waals surface area contributed by atoms with Gasteiger partial charge in [-0.3, -0.25) is 9.38 Å². The Balaban J connectivity index is 1.75. The van der Waals surface area contributed by atoms with E-state index in [4.69, 9.17) is 0 Å². The maximum atomic E-state index is 13.6. The summed E-state index contributed by atoms with van der Waals surface area (Å²) in [5.41, 5.74) is 1.24. The van der Waals surface area contributed by atoms with E-state index in [1.54, 1.807) is 6.92 Å². The number of carboxylic acid groups (broad SMARTS) is 1. The summed E-state index contributed by atoms with van der Waals surface area (Å²) < 4.78 is 28.2. The van der Waals surface area contributed by atoms with E-state index < -0.39 is 23.6 Å². The van der Waals surface area contributed by atoms with Gasteiger partial charge in [0.15, 0.2) is 5.82 Å². The van der Waals surface area contributed by atoms with Crippen LogP contribution in [0.3, 0.4) is 0 Å². The van der Waals surface area contributed by atoms with E-state index in [2.05, 4.69) is 25.3 Å². The molecule has 4 heterocycles. The lowest BCUT2D eigenvalue weighted by Gasteiger charge is -2.16. The number of carbonyl (C=O) groups is 1. The molecular weight excluding hydrogens is 382 g/mol. The predicted molar refractivity (Wildman–Crippen MR) is 99.4 cm³/mol. The highest BCUT2D eigenvalue weighted by Crippen LogP contribution is 2.24. The van der Waals surface area contributed by atoms with Crippen LogP contribution in [0, 0.1) is 11.6 Å². The number of halogens is 2. The number of hydrogen-bond donors (Lipinski definition) is 2. The molecule has 2 N–H and O–H groups in total. The Morgan fingerprint density at radius 1 is 1.07 bits per heavy atom. The van der Waals surface area contributed by atoms with Crippen molar-refractivity contribution in [2.24, 2.45) is 0 Å². The molecule has 0 aromatic carbocycles. The number of nitrogens with zero attached hydrogens (tertiary/aromatic N) is 5. The molecule has 29 heavy (non-hydrogen) atoms. The van der Waals surface area contributed by atoms with E-state index in [0.29, 0.717) is 17.0 Å². The lowest BCUT2D eigenvalue weighted by molar-refractivity contribution is 0.0697. The monoisotopic (exact) mass is 396 g/mol. The summed E-state index contributed by atoms with van der Waals surface area (Å²) in [5, 5.41) is 12.4. The van der Waals surface area contributed by atoms with Gasteiger partial charge in [-0.25, -0.2) is 28.5 Å². The van der Waals surface area contributed by atoms with E-state index in [1.165, 1.54) is 41.1 Å². The first-order valence-electron chi connectivity index (χ1n) is 8.53. The highest BCUT2D eigenvalue weighted by molar-refractivity contribution is 5.93. The highest BCUT2D eigenvalue weighted by atomic mass is 19.1. The van der Waals surface area contributed by atoms with Gasteiger partial charge < -0.3 is 10.4 Å². The molecule has 4 aromatic heterocycles. The first kappa shape index (κ1) is 18.4. The molecule has 0 radical (unpaired) electrons. The molecule has 0 spiro atoms. The maximum absolute atomic E-state index is 13.6. The first-order valence-corrected chi connectivity index (χ1v) is 8.53. The molecule has 4 aromatic rings. The molecule has 0 bridgehead atoms. The Hall–Kier alpha value is -3.95. The van der Waals surface area contributed by atoms with Crippen molar-refractivity contribution in [1.82, 2.24) is 24.3 Å². The summed E-state index contributed by atoms with van der Waals surface area (Å²) >= 11 is 0. The van der Waals surface area contributed by atoms with Gasteiger partial charge in [-0.2, -0.15) is 0 Å². The zero-order valence-corrected chi connectivity index (χ0v) is 15.0. The SMILES string of the molecule is CC(Nc1nc(-c2cnc3ccc(F)cn23)ncc1C(=O)O)c1ccc(F)cn1. The summed E-state index contributed by atoms with van der Waals surface area (Å²) in [6.07, 6.45) is 4.95. The minimum atomic E-state index is -1.22. The van der Waals surface area contributed by atoms with Gasteiger partial charge in [-0.1, -0.05) is 0 Å². The Labute approximate surface area is 162 Å². The molecule has 1 unspecified atom stereocenters. The molecule has 0 aliphatic carbocycles. The first-order chi connectivity index (χ1) is 13.9. The van der Waals surface area contributed by atoms with Gasteiger partial charge in [0.2, 0.25) is 0 Å². The molecule has 146 valence electrons. The van der Waals surface area contributed by atoms with Crippen LogP contribution in [0.25, 0.3) is 17.2 Å². The maximum Gasteiger partial charge on any atom is 0.341 e. The number of nitrogens with one attached hydrogen (secondary N) is 1. The molecule has 1 atom stereocenters. The second kappa shape index (κ2) is 7.23. The standard InChI is InChI=1S/C19H14F2N6O2/c1-10(14-4-2-11(20)6-22-14)25-17-13(19(28)29)7-24-18(26-17)15-8-23-16-5-3-12(21)9-27(15)16/h2-10H,1H3,(H,28,29)(H,24,25,26). The Kier molecular flexibility index (Phi) is 4.59. The van der Waals surface area contributed by atoms with Crippen molar-refractivity contribution in [1.29, 1.82) is 0 Å². The van der Waals surface area contributed by atoms with Crippen molar-refractivity contribution in [3.8, 4) is 11.5 Å². The molecule has 8 nitrogen and oxygen atoms in total. The van der Waals surface area contributed by atoms with Crippen molar-refractivity contribution >= 4 is 17.4 Å². The topological polar surface area (TPSA) is 105 Å². The minimum absolute atomic E-state index is 0.0486. The largest absolute Gasteiger partial charge is 0.477 e. The molecule has 0 aliphatic rings. The van der Waals surface area contributed by atoms with Crippen LogP contribution < -0.4 is 5.32 Å². The molecule has 0 saturated carbocycles. The Morgan fingerprint density at radius 3 is 2.59 bits per heavy atom. The number of carboxylic acids is 1. The molecule has 4 rings (SSSR count). The third kappa shape index (κ3) is 3.59. The zero-order valence-electron chi connectivity index (χ0n) is 15.0. The fraction of sp³-hybridized carbons (Fsp3) is 0.105. The lowest BCUT2D eigenvalue weighted by Crippen LogP contribution is -2.14. The Bertz CT molecular complexity index is 1210. The van der Waals surface area contributed by atoms with Crippen LogP contribution in [0.15, 0.2) is 49.1 Å². The van der Waals surface area contributed by atoms with Gasteiger partial charge in [0.25, 0.3) is 0 Å². The lowest BCUT2D eigenvalue weighted by atomic mass is 10.2. The van der Waals surface area contributed by atoms with Crippen molar-refractivity contribution in [2.45, 2.75) is 13.0 Å². The third-order valence-electron chi connectivity index (χ3n) is 4.26. The van der Waals surface area contributed by atoms with Crippen LogP contribution in [0.4, 0.5) is 14.6 Å². The van der Waals surface area contributed by atoms with Gasteiger partial charge in [-0.15, -0.1) is 0 Å². The van der Waals surface area contributed by atoms with Crippen LogP contribution in [0.5, 0.6) is 0 Å². The van der Waals surface area contributed by atoms with E-state index in [9.17, 15) is 18.7 Å². The van der Waals surface area contributed by atoms with Gasteiger partial charge in [-0.05, 0) is 31.2 Å². The van der Waals surface area contributed by atoms with Crippen LogP contribution in [-0.2, 0) is 0 Å². The fourth-order valence-electron chi connectivity index (χ4n) is 2.81. The number of hydrogen-bond acceptors (Lipinski definition) is 6. The van der Waals surface area contributed by atoms with Crippen molar-refractivity contribution in [2.75, 3.05) is 5.32 Å². The minimum Gasteiger partial charge on any atom is -0.477 e. The number of fused-ring (bicyclic) bond motifs is 1. The molecule has 0 fully saturated rings. The van der Waals surface area contributed by atoms with Crippen LogP contribution >= 0.6 is 0 Å². The number of aromatic nitrogens is 5. The van der Waals surface area contributed by atoms with Crippen LogP contribution in [0.2, 0.25) is 0 Å². The summed E-state index contributed by atoms with van der Waals surface area (Å²) in [5.74, 6) is -1.95. The smallest absolute Gasteiger partial charge is 0.341 e. The molecular formula is C19H14F2N6O2. The van der Waals surface area contributed by atoms with Crippen LogP contribution in [-0.4, -0.2) is 35.4 Å². The van der Waals surface area contributed by atoms with E-state index in [1.807, 2.05) is 0 Å². The van der Waals surface area contributed by atoms with E-state index in [-0.39, 0.29) is 17.2 Å². The summed E-state index contributed by atoms with van der Waals surface area (Å²) in [4.78, 5) is 28.2. The number of pyridine rings is 2. The van der Waals surface area contributed by atoms with Crippen molar-refractivity contribution in [3.05, 3.63) is 71.9 Å². The third-order valence-corrected chi connectivity index (χ3v) is 4.26. The van der Waals surface area contributed by atoms with Crippen LogP contribution in [0.1, 0.15) is 29.0 Å².